The monoisotopic (exact) mass is 192 g/mol. The smallest absolute Gasteiger partial charge is 0.155 e. The molecule has 0 N–H and O–H groups in total. The van der Waals surface area contributed by atoms with E-state index in [1.807, 2.05) is 18.2 Å². The highest BCUT2D eigenvalue weighted by atomic mass is 16.5. The quantitative estimate of drug-likeness (QED) is 0.646. The third-order valence-electron chi connectivity index (χ3n) is 1.90. The lowest BCUT2D eigenvalue weighted by Gasteiger charge is -2.01. The molecule has 0 saturated heterocycles. The van der Waals surface area contributed by atoms with Crippen LogP contribution in [-0.2, 0) is 16.0 Å². The Morgan fingerprint density at radius 1 is 1.29 bits per heavy atom. The average molecular weight is 192 g/mol. The van der Waals surface area contributed by atoms with Crippen LogP contribution in [0.4, 0.5) is 0 Å². The second kappa shape index (κ2) is 6.33. The molecule has 2 nitrogen and oxygen atoms in total. The van der Waals surface area contributed by atoms with Gasteiger partial charge in [0.05, 0.1) is 0 Å². The fraction of sp³-hybridized carbons (Fsp3) is 0.417. The molecule has 76 valence electrons. The van der Waals surface area contributed by atoms with Gasteiger partial charge in [0.1, 0.15) is 6.61 Å². The molecule has 14 heavy (non-hydrogen) atoms. The number of carbonyl (C=O) groups excluding carboxylic acids is 1. The first-order chi connectivity index (χ1) is 6.79. The molecule has 0 saturated carbocycles. The first-order valence-corrected chi connectivity index (χ1v) is 4.90. The number of aryl methyl sites for hydroxylation is 1. The van der Waals surface area contributed by atoms with Gasteiger partial charge in [-0.1, -0.05) is 30.3 Å². The van der Waals surface area contributed by atoms with Crippen LogP contribution in [-0.4, -0.2) is 19.0 Å². The molecule has 0 aliphatic heterocycles. The third-order valence-corrected chi connectivity index (χ3v) is 1.90. The van der Waals surface area contributed by atoms with Gasteiger partial charge in [0.25, 0.3) is 0 Å². The average Bonchev–Trinajstić information content (AvgIpc) is 2.18. The molecule has 0 aliphatic rings. The van der Waals surface area contributed by atoms with Crippen molar-refractivity contribution in [3.63, 3.8) is 0 Å². The Labute approximate surface area is 84.9 Å². The summed E-state index contributed by atoms with van der Waals surface area (Å²) in [6, 6.07) is 10.3. The Balaban J connectivity index is 2.08. The molecular formula is C12H16O2. The molecule has 0 amide bonds. The second-order valence-corrected chi connectivity index (χ2v) is 3.34. The summed E-state index contributed by atoms with van der Waals surface area (Å²) in [5.41, 5.74) is 1.32. The highest BCUT2D eigenvalue weighted by Crippen LogP contribution is 2.02. The molecule has 1 aromatic carbocycles. The number of Topliss-reactive ketones (excluding diaryl/α,β-unsaturated/α-hetero) is 1. The maximum absolute atomic E-state index is 10.6. The van der Waals surface area contributed by atoms with Crippen LogP contribution in [0.3, 0.4) is 0 Å². The largest absolute Gasteiger partial charge is 0.374 e. The summed E-state index contributed by atoms with van der Waals surface area (Å²) in [5.74, 6) is 0.0877. The number of ether oxygens (including phenoxy) is 1. The first-order valence-electron chi connectivity index (χ1n) is 4.90. The summed E-state index contributed by atoms with van der Waals surface area (Å²) in [7, 11) is 0. The molecule has 2 heteroatoms. The van der Waals surface area contributed by atoms with Gasteiger partial charge in [-0.05, 0) is 25.3 Å². The van der Waals surface area contributed by atoms with Crippen LogP contribution in [0.25, 0.3) is 0 Å². The second-order valence-electron chi connectivity index (χ2n) is 3.34. The van der Waals surface area contributed by atoms with E-state index >= 15 is 0 Å². The Hall–Kier alpha value is -1.15. The highest BCUT2D eigenvalue weighted by Gasteiger charge is 1.94. The Morgan fingerprint density at radius 3 is 2.64 bits per heavy atom. The van der Waals surface area contributed by atoms with Crippen molar-refractivity contribution in [3.05, 3.63) is 35.9 Å². The van der Waals surface area contributed by atoms with Crippen molar-refractivity contribution in [1.29, 1.82) is 0 Å². The SMILES string of the molecule is CC(=O)COCCCc1ccccc1. The van der Waals surface area contributed by atoms with E-state index in [4.69, 9.17) is 4.74 Å². The Bertz CT molecular complexity index is 267. The number of benzene rings is 1. The molecular weight excluding hydrogens is 176 g/mol. The fourth-order valence-electron chi connectivity index (χ4n) is 1.24. The summed E-state index contributed by atoms with van der Waals surface area (Å²) in [6.07, 6.45) is 1.98. The van der Waals surface area contributed by atoms with Crippen LogP contribution in [0.15, 0.2) is 30.3 Å². The van der Waals surface area contributed by atoms with E-state index in [-0.39, 0.29) is 12.4 Å². The normalized spacial score (nSPS) is 10.1. The molecule has 0 radical (unpaired) electrons. The Morgan fingerprint density at radius 2 is 2.00 bits per heavy atom. The number of ketones is 1. The molecule has 0 heterocycles. The molecule has 0 aromatic heterocycles. The molecule has 1 rings (SSSR count). The molecule has 0 unspecified atom stereocenters. The maximum Gasteiger partial charge on any atom is 0.155 e. The minimum Gasteiger partial charge on any atom is -0.374 e. The summed E-state index contributed by atoms with van der Waals surface area (Å²) < 4.78 is 5.17. The fourth-order valence-corrected chi connectivity index (χ4v) is 1.24. The van der Waals surface area contributed by atoms with Crippen LogP contribution in [0.1, 0.15) is 18.9 Å². The predicted molar refractivity (Wildman–Crippen MR) is 56.3 cm³/mol. The van der Waals surface area contributed by atoms with Crippen LogP contribution < -0.4 is 0 Å². The number of rotatable bonds is 6. The van der Waals surface area contributed by atoms with Gasteiger partial charge in [-0.15, -0.1) is 0 Å². The van der Waals surface area contributed by atoms with Gasteiger partial charge in [0, 0.05) is 6.61 Å². The van der Waals surface area contributed by atoms with E-state index in [1.54, 1.807) is 0 Å². The van der Waals surface area contributed by atoms with Crippen LogP contribution in [0.5, 0.6) is 0 Å². The highest BCUT2D eigenvalue weighted by molar-refractivity contribution is 5.76. The van der Waals surface area contributed by atoms with E-state index in [0.717, 1.165) is 12.8 Å². The zero-order valence-corrected chi connectivity index (χ0v) is 8.53. The van der Waals surface area contributed by atoms with E-state index < -0.39 is 0 Å². The van der Waals surface area contributed by atoms with Gasteiger partial charge in [-0.3, -0.25) is 4.79 Å². The lowest BCUT2D eigenvalue weighted by molar-refractivity contribution is -0.121. The van der Waals surface area contributed by atoms with E-state index in [2.05, 4.69) is 12.1 Å². The summed E-state index contributed by atoms with van der Waals surface area (Å²) in [6.45, 7) is 2.44. The minimum atomic E-state index is 0.0877. The van der Waals surface area contributed by atoms with Gasteiger partial charge in [-0.2, -0.15) is 0 Å². The van der Waals surface area contributed by atoms with Crippen molar-refractivity contribution in [2.45, 2.75) is 19.8 Å². The summed E-state index contributed by atoms with van der Waals surface area (Å²) in [4.78, 5) is 10.6. The van der Waals surface area contributed by atoms with Crippen molar-refractivity contribution in [3.8, 4) is 0 Å². The zero-order chi connectivity index (χ0) is 10.2. The minimum absolute atomic E-state index is 0.0877. The lowest BCUT2D eigenvalue weighted by Crippen LogP contribution is -2.05. The van der Waals surface area contributed by atoms with Crippen molar-refractivity contribution in [2.24, 2.45) is 0 Å². The zero-order valence-electron chi connectivity index (χ0n) is 8.53. The predicted octanol–water partition coefficient (Wildman–Crippen LogP) is 2.22. The van der Waals surface area contributed by atoms with Gasteiger partial charge >= 0.3 is 0 Å². The van der Waals surface area contributed by atoms with Crippen molar-refractivity contribution < 1.29 is 9.53 Å². The van der Waals surface area contributed by atoms with E-state index in [9.17, 15) is 4.79 Å². The lowest BCUT2D eigenvalue weighted by atomic mass is 10.1. The van der Waals surface area contributed by atoms with Crippen LogP contribution in [0, 0.1) is 0 Å². The van der Waals surface area contributed by atoms with Crippen molar-refractivity contribution >= 4 is 5.78 Å². The summed E-state index contributed by atoms with van der Waals surface area (Å²) in [5, 5.41) is 0. The number of hydrogen-bond donors (Lipinski definition) is 0. The maximum atomic E-state index is 10.6. The van der Waals surface area contributed by atoms with E-state index in [0.29, 0.717) is 6.61 Å². The van der Waals surface area contributed by atoms with Crippen molar-refractivity contribution in [2.75, 3.05) is 13.2 Å². The molecule has 0 aliphatic carbocycles. The van der Waals surface area contributed by atoms with Gasteiger partial charge in [0.15, 0.2) is 5.78 Å². The molecule has 0 bridgehead atoms. The topological polar surface area (TPSA) is 26.3 Å². The van der Waals surface area contributed by atoms with Crippen LogP contribution in [0.2, 0.25) is 0 Å². The molecule has 1 aromatic rings. The third kappa shape index (κ3) is 4.77. The van der Waals surface area contributed by atoms with Gasteiger partial charge in [0.2, 0.25) is 0 Å². The van der Waals surface area contributed by atoms with Gasteiger partial charge in [-0.25, -0.2) is 0 Å². The van der Waals surface area contributed by atoms with Crippen LogP contribution >= 0.6 is 0 Å². The first kappa shape index (κ1) is 10.9. The number of hydrogen-bond acceptors (Lipinski definition) is 2. The molecule has 0 fully saturated rings. The standard InChI is InChI=1S/C12H16O2/c1-11(13)10-14-9-5-8-12-6-3-2-4-7-12/h2-4,6-7H,5,8-10H2,1H3. The van der Waals surface area contributed by atoms with Crippen molar-refractivity contribution in [1.82, 2.24) is 0 Å². The summed E-state index contributed by atoms with van der Waals surface area (Å²) >= 11 is 0. The number of carbonyl (C=O) groups is 1. The molecule has 0 atom stereocenters. The van der Waals surface area contributed by atoms with E-state index in [1.165, 1.54) is 12.5 Å². The van der Waals surface area contributed by atoms with Gasteiger partial charge < -0.3 is 4.74 Å². The Kier molecular flexibility index (Phi) is 4.94. The molecule has 0 spiro atoms.